The fraction of sp³-hybridized carbons (Fsp3) is 0.448. The first-order chi connectivity index (χ1) is 17.9. The van der Waals surface area contributed by atoms with Crippen LogP contribution in [0, 0.1) is 17.8 Å². The topological polar surface area (TPSA) is 87.1 Å². The van der Waals surface area contributed by atoms with Gasteiger partial charge in [-0.3, -0.25) is 14.5 Å². The number of likely N-dealkylation sites (tertiary alicyclic amines) is 1. The summed E-state index contributed by atoms with van der Waals surface area (Å²) in [5.41, 5.74) is 4.59. The van der Waals surface area contributed by atoms with Crippen LogP contribution in [0.5, 0.6) is 5.75 Å². The Hall–Kier alpha value is -2.68. The summed E-state index contributed by atoms with van der Waals surface area (Å²) >= 11 is 1.56. The molecule has 1 aromatic heterocycles. The average molecular weight is 519 g/mol. The van der Waals surface area contributed by atoms with Crippen molar-refractivity contribution in [3.05, 3.63) is 68.9 Å². The van der Waals surface area contributed by atoms with Gasteiger partial charge in [0, 0.05) is 4.88 Å². The number of hydrogen-bond donors (Lipinski definition) is 2. The lowest BCUT2D eigenvalue weighted by molar-refractivity contribution is -0.140. The van der Waals surface area contributed by atoms with Crippen molar-refractivity contribution in [1.29, 1.82) is 0 Å². The summed E-state index contributed by atoms with van der Waals surface area (Å²) in [7, 11) is -0.948. The first kappa shape index (κ1) is 26.0. The Morgan fingerprint density at radius 2 is 1.97 bits per heavy atom. The third-order valence-corrected chi connectivity index (χ3v) is 8.81. The van der Waals surface area contributed by atoms with Crippen molar-refractivity contribution >= 4 is 36.3 Å². The van der Waals surface area contributed by atoms with Gasteiger partial charge >= 0.3 is 7.12 Å². The molecule has 1 aromatic carbocycles. The van der Waals surface area contributed by atoms with Crippen molar-refractivity contribution < 1.29 is 24.4 Å². The summed E-state index contributed by atoms with van der Waals surface area (Å²) in [6.45, 7) is 4.54. The molecule has 2 fully saturated rings. The predicted molar refractivity (Wildman–Crippen MR) is 146 cm³/mol. The molecule has 0 unspecified atom stereocenters. The lowest BCUT2D eigenvalue weighted by Crippen LogP contribution is -2.46. The third-order valence-electron chi connectivity index (χ3n) is 7.95. The van der Waals surface area contributed by atoms with Crippen LogP contribution in [-0.2, 0) is 20.8 Å². The molecule has 0 spiro atoms. The second-order valence-corrected chi connectivity index (χ2v) is 11.6. The molecule has 194 valence electrons. The number of carbonyl (C=O) groups excluding carboxylic acids is 2. The largest absolute Gasteiger partial charge is 0.508 e. The van der Waals surface area contributed by atoms with Crippen LogP contribution in [0.1, 0.15) is 56.4 Å². The number of phenols is 1. The molecule has 2 aliphatic heterocycles. The zero-order valence-corrected chi connectivity index (χ0v) is 22.2. The number of benzene rings is 1. The standard InChI is InChI=1S/C29H34BNO5S/c1-3-5-20-15-23-27(29(34)31(28(23)33)17-22-6-4-13-37-22)24-16-30(35)36-25(26(20)24)12-7-18(2)14-19-8-10-21(32)11-9-19/h4,6,8-11,13-14,23-25,27,32,35H,3,5,7,12,15-17H2,1-2H3/b18-14+/t23-,24+,25-,27-/m1/s1. The molecular weight excluding hydrogens is 485 g/mol. The van der Waals surface area contributed by atoms with Gasteiger partial charge in [0.25, 0.3) is 0 Å². The lowest BCUT2D eigenvalue weighted by Gasteiger charge is -2.43. The van der Waals surface area contributed by atoms with Crippen molar-refractivity contribution in [3.63, 3.8) is 0 Å². The summed E-state index contributed by atoms with van der Waals surface area (Å²) in [4.78, 5) is 29.5. The molecule has 37 heavy (non-hydrogen) atoms. The van der Waals surface area contributed by atoms with Crippen molar-refractivity contribution in [2.24, 2.45) is 17.8 Å². The molecule has 3 heterocycles. The molecule has 4 atom stereocenters. The number of aromatic hydroxyl groups is 1. The highest BCUT2D eigenvalue weighted by atomic mass is 32.1. The zero-order valence-electron chi connectivity index (χ0n) is 21.4. The SMILES string of the molecule is CCCC1=C2[C@@H](CC/C(C)=C/c3ccc(O)cc3)OB(O)C[C@@H]2[C@@H]2C(=O)N(Cc3cccs3)C(=O)[C@@H]2C1. The monoisotopic (exact) mass is 519 g/mol. The van der Waals surface area contributed by atoms with E-state index in [4.69, 9.17) is 4.65 Å². The summed E-state index contributed by atoms with van der Waals surface area (Å²) in [5.74, 6) is -0.855. The van der Waals surface area contributed by atoms with Crippen molar-refractivity contribution in [3.8, 4) is 5.75 Å². The van der Waals surface area contributed by atoms with Gasteiger partial charge < -0.3 is 14.8 Å². The Morgan fingerprint density at radius 1 is 1.19 bits per heavy atom. The highest BCUT2D eigenvalue weighted by Crippen LogP contribution is 2.51. The van der Waals surface area contributed by atoms with E-state index < -0.39 is 13.0 Å². The van der Waals surface area contributed by atoms with E-state index in [0.717, 1.165) is 35.3 Å². The fourth-order valence-corrected chi connectivity index (χ4v) is 7.06. The molecule has 6 nitrogen and oxygen atoms in total. The van der Waals surface area contributed by atoms with E-state index in [1.54, 1.807) is 23.5 Å². The normalized spacial score (nSPS) is 26.1. The maximum absolute atomic E-state index is 13.6. The minimum atomic E-state index is -0.948. The Balaban J connectivity index is 1.39. The number of allylic oxidation sites excluding steroid dienone is 2. The molecule has 2 N–H and O–H groups in total. The lowest BCUT2D eigenvalue weighted by atomic mass is 9.58. The summed E-state index contributed by atoms with van der Waals surface area (Å²) < 4.78 is 6.10. The second kappa shape index (κ2) is 11.0. The molecule has 0 saturated carbocycles. The van der Waals surface area contributed by atoms with Gasteiger partial charge in [-0.1, -0.05) is 48.8 Å². The molecule has 2 amide bonds. The summed E-state index contributed by atoms with van der Waals surface area (Å²) in [6, 6.07) is 11.0. The molecule has 5 rings (SSSR count). The van der Waals surface area contributed by atoms with Crippen molar-refractivity contribution in [2.75, 3.05) is 0 Å². The number of amides is 2. The van der Waals surface area contributed by atoms with Crippen LogP contribution in [0.15, 0.2) is 58.5 Å². The first-order valence-electron chi connectivity index (χ1n) is 13.2. The number of phenolic OH excluding ortho intramolecular Hbond substituents is 1. The molecule has 0 bridgehead atoms. The average Bonchev–Trinajstić information content (AvgIpc) is 3.47. The quantitative estimate of drug-likeness (QED) is 0.276. The van der Waals surface area contributed by atoms with Crippen LogP contribution >= 0.6 is 11.3 Å². The Kier molecular flexibility index (Phi) is 7.70. The van der Waals surface area contributed by atoms with Gasteiger partial charge in [0.1, 0.15) is 5.75 Å². The highest BCUT2D eigenvalue weighted by molar-refractivity contribution is 7.09. The number of thiophene rings is 1. The third kappa shape index (κ3) is 5.33. The smallest absolute Gasteiger partial charge is 0.455 e. The molecule has 8 heteroatoms. The van der Waals surface area contributed by atoms with Gasteiger partial charge in [0.2, 0.25) is 11.8 Å². The molecular formula is C29H34BNO5S. The molecule has 3 aliphatic rings. The maximum atomic E-state index is 13.6. The van der Waals surface area contributed by atoms with Crippen LogP contribution in [-0.4, -0.2) is 40.1 Å². The highest BCUT2D eigenvalue weighted by Gasteiger charge is 2.57. The molecule has 2 saturated heterocycles. The van der Waals surface area contributed by atoms with Crippen LogP contribution < -0.4 is 0 Å². The van der Waals surface area contributed by atoms with E-state index in [9.17, 15) is 19.7 Å². The van der Waals surface area contributed by atoms with Gasteiger partial charge in [-0.15, -0.1) is 11.3 Å². The zero-order chi connectivity index (χ0) is 26.1. The Bertz CT molecular complexity index is 1210. The van der Waals surface area contributed by atoms with Gasteiger partial charge in [-0.25, -0.2) is 0 Å². The van der Waals surface area contributed by atoms with Gasteiger partial charge in [0.15, 0.2) is 0 Å². The number of nitrogens with zero attached hydrogens (tertiary/aromatic N) is 1. The number of rotatable bonds is 8. The van der Waals surface area contributed by atoms with Gasteiger partial charge in [-0.05, 0) is 79.6 Å². The van der Waals surface area contributed by atoms with E-state index in [1.165, 1.54) is 16.0 Å². The van der Waals surface area contributed by atoms with Gasteiger partial charge in [0.05, 0.1) is 24.5 Å². The minimum Gasteiger partial charge on any atom is -0.508 e. The van der Waals surface area contributed by atoms with Crippen LogP contribution in [0.4, 0.5) is 0 Å². The first-order valence-corrected chi connectivity index (χ1v) is 14.1. The van der Waals surface area contributed by atoms with Crippen LogP contribution in [0.3, 0.4) is 0 Å². The number of imide groups is 1. The number of carbonyl (C=O) groups is 2. The summed E-state index contributed by atoms with van der Waals surface area (Å²) in [5, 5.41) is 22.2. The van der Waals surface area contributed by atoms with E-state index in [1.807, 2.05) is 29.6 Å². The van der Waals surface area contributed by atoms with E-state index in [2.05, 4.69) is 19.9 Å². The van der Waals surface area contributed by atoms with E-state index in [-0.39, 0.29) is 35.5 Å². The fourth-order valence-electron chi connectivity index (χ4n) is 6.37. The van der Waals surface area contributed by atoms with Gasteiger partial charge in [-0.2, -0.15) is 0 Å². The Morgan fingerprint density at radius 3 is 2.68 bits per heavy atom. The maximum Gasteiger partial charge on any atom is 0.455 e. The minimum absolute atomic E-state index is 0.0683. The molecule has 0 radical (unpaired) electrons. The van der Waals surface area contributed by atoms with E-state index in [0.29, 0.717) is 25.7 Å². The number of fused-ring (bicyclic) bond motifs is 3. The number of hydrogen-bond acceptors (Lipinski definition) is 6. The van der Waals surface area contributed by atoms with Crippen LogP contribution in [0.2, 0.25) is 6.32 Å². The van der Waals surface area contributed by atoms with Crippen molar-refractivity contribution in [1.82, 2.24) is 4.90 Å². The Labute approximate surface area is 222 Å². The molecule has 1 aliphatic carbocycles. The van der Waals surface area contributed by atoms with Crippen molar-refractivity contribution in [2.45, 2.75) is 64.9 Å². The van der Waals surface area contributed by atoms with Crippen LogP contribution in [0.25, 0.3) is 6.08 Å². The summed E-state index contributed by atoms with van der Waals surface area (Å²) in [6.07, 6.45) is 6.10. The predicted octanol–water partition coefficient (Wildman–Crippen LogP) is 5.43. The van der Waals surface area contributed by atoms with E-state index >= 15 is 0 Å². The molecule has 2 aromatic rings. The second-order valence-electron chi connectivity index (χ2n) is 10.5.